The average Bonchev–Trinajstić information content (AvgIpc) is 2.37. The van der Waals surface area contributed by atoms with Crippen LogP contribution in [0.4, 0.5) is 11.4 Å². The second kappa shape index (κ2) is 7.67. The van der Waals surface area contributed by atoms with Crippen molar-refractivity contribution in [2.45, 2.75) is 19.4 Å². The first kappa shape index (κ1) is 17.8. The van der Waals surface area contributed by atoms with Crippen molar-refractivity contribution in [3.63, 3.8) is 0 Å². The van der Waals surface area contributed by atoms with E-state index in [-0.39, 0.29) is 5.91 Å². The zero-order valence-electron chi connectivity index (χ0n) is 12.3. The van der Waals surface area contributed by atoms with E-state index in [4.69, 9.17) is 5.73 Å². The van der Waals surface area contributed by atoms with E-state index in [2.05, 4.69) is 10.0 Å². The molecule has 0 heterocycles. The minimum Gasteiger partial charge on any atom is -0.325 e. The fraction of sp³-hybridized carbons (Fsp3) is 0.462. The molecule has 1 amide bonds. The molecule has 21 heavy (non-hydrogen) atoms. The lowest BCUT2D eigenvalue weighted by atomic mass is 10.1. The molecule has 0 bridgehead atoms. The van der Waals surface area contributed by atoms with Crippen LogP contribution in [0.5, 0.6) is 0 Å². The van der Waals surface area contributed by atoms with E-state index < -0.39 is 16.1 Å². The molecule has 0 aromatic heterocycles. The van der Waals surface area contributed by atoms with Crippen LogP contribution in [0.25, 0.3) is 0 Å². The summed E-state index contributed by atoms with van der Waals surface area (Å²) >= 11 is 1.64. The van der Waals surface area contributed by atoms with Crippen LogP contribution in [-0.4, -0.2) is 38.6 Å². The Kier molecular flexibility index (Phi) is 6.50. The van der Waals surface area contributed by atoms with E-state index in [0.29, 0.717) is 17.8 Å². The number of hydrogen-bond donors (Lipinski definition) is 3. The lowest BCUT2D eigenvalue weighted by Gasteiger charge is -2.13. The van der Waals surface area contributed by atoms with E-state index in [1.807, 2.05) is 6.26 Å². The standard InChI is InChI=1S/C13H21N3O3S2/c1-9-8-10(4-5-12(9)16-21(3,18)19)15-13(17)11(14)6-7-20-2/h4-5,8,11,16H,6-7,14H2,1-3H3,(H,15,17)/t11-/m1/s1. The highest BCUT2D eigenvalue weighted by molar-refractivity contribution is 7.98. The lowest BCUT2D eigenvalue weighted by Crippen LogP contribution is -2.36. The lowest BCUT2D eigenvalue weighted by molar-refractivity contribution is -0.117. The Morgan fingerprint density at radius 2 is 2.10 bits per heavy atom. The number of carbonyl (C=O) groups excluding carboxylic acids is 1. The first-order chi connectivity index (χ1) is 9.73. The molecule has 0 aliphatic heterocycles. The first-order valence-electron chi connectivity index (χ1n) is 6.37. The maximum Gasteiger partial charge on any atom is 0.241 e. The molecule has 0 unspecified atom stereocenters. The molecular weight excluding hydrogens is 310 g/mol. The van der Waals surface area contributed by atoms with E-state index >= 15 is 0 Å². The van der Waals surface area contributed by atoms with Crippen molar-refractivity contribution in [3.05, 3.63) is 23.8 Å². The van der Waals surface area contributed by atoms with Crippen LogP contribution in [0.15, 0.2) is 18.2 Å². The summed E-state index contributed by atoms with van der Waals surface area (Å²) in [5.41, 5.74) is 7.59. The van der Waals surface area contributed by atoms with Gasteiger partial charge in [-0.25, -0.2) is 8.42 Å². The molecule has 4 N–H and O–H groups in total. The molecule has 118 valence electrons. The maximum atomic E-state index is 11.9. The van der Waals surface area contributed by atoms with E-state index in [1.165, 1.54) is 0 Å². The highest BCUT2D eigenvalue weighted by Gasteiger charge is 2.13. The topological polar surface area (TPSA) is 101 Å². The van der Waals surface area contributed by atoms with Gasteiger partial charge in [0.15, 0.2) is 0 Å². The Balaban J connectivity index is 2.73. The number of nitrogens with one attached hydrogen (secondary N) is 2. The van der Waals surface area contributed by atoms with Gasteiger partial charge < -0.3 is 11.1 Å². The van der Waals surface area contributed by atoms with Crippen LogP contribution in [0.1, 0.15) is 12.0 Å². The van der Waals surface area contributed by atoms with Gasteiger partial charge in [-0.2, -0.15) is 11.8 Å². The molecule has 6 nitrogen and oxygen atoms in total. The summed E-state index contributed by atoms with van der Waals surface area (Å²) in [4.78, 5) is 11.9. The number of hydrogen-bond acceptors (Lipinski definition) is 5. The maximum absolute atomic E-state index is 11.9. The van der Waals surface area contributed by atoms with Gasteiger partial charge >= 0.3 is 0 Å². The number of anilines is 2. The number of benzene rings is 1. The summed E-state index contributed by atoms with van der Waals surface area (Å²) in [6, 6.07) is 4.40. The minimum atomic E-state index is -3.32. The molecule has 0 saturated carbocycles. The summed E-state index contributed by atoms with van der Waals surface area (Å²) in [6.45, 7) is 1.76. The van der Waals surface area contributed by atoms with Crippen LogP contribution in [0.3, 0.4) is 0 Å². The molecule has 0 spiro atoms. The third kappa shape index (κ3) is 6.36. The van der Waals surface area contributed by atoms with Crippen molar-refractivity contribution < 1.29 is 13.2 Å². The van der Waals surface area contributed by atoms with Crippen LogP contribution in [-0.2, 0) is 14.8 Å². The van der Waals surface area contributed by atoms with Gasteiger partial charge in [-0.3, -0.25) is 9.52 Å². The highest BCUT2D eigenvalue weighted by Crippen LogP contribution is 2.20. The monoisotopic (exact) mass is 331 g/mol. The quantitative estimate of drug-likeness (QED) is 0.701. The highest BCUT2D eigenvalue weighted by atomic mass is 32.2. The Morgan fingerprint density at radius 3 is 2.62 bits per heavy atom. The van der Waals surface area contributed by atoms with Crippen molar-refractivity contribution in [1.82, 2.24) is 0 Å². The van der Waals surface area contributed by atoms with Gasteiger partial charge in [0.1, 0.15) is 0 Å². The van der Waals surface area contributed by atoms with Crippen molar-refractivity contribution in [3.8, 4) is 0 Å². The summed E-state index contributed by atoms with van der Waals surface area (Å²) < 4.78 is 24.8. The van der Waals surface area contributed by atoms with Crippen LogP contribution in [0.2, 0.25) is 0 Å². The molecule has 8 heteroatoms. The zero-order valence-corrected chi connectivity index (χ0v) is 14.0. The molecule has 1 aromatic carbocycles. The molecule has 0 radical (unpaired) electrons. The molecular formula is C13H21N3O3S2. The summed E-state index contributed by atoms with van der Waals surface area (Å²) in [6.07, 6.45) is 3.66. The molecule has 0 aliphatic carbocycles. The normalized spacial score (nSPS) is 12.8. The Hall–Kier alpha value is -1.25. The van der Waals surface area contributed by atoms with Gasteiger partial charge in [0.25, 0.3) is 0 Å². The van der Waals surface area contributed by atoms with Crippen molar-refractivity contribution in [2.24, 2.45) is 5.73 Å². The van der Waals surface area contributed by atoms with Gasteiger partial charge in [-0.05, 0) is 49.1 Å². The number of amides is 1. The molecule has 1 atom stereocenters. The fourth-order valence-corrected chi connectivity index (χ4v) is 2.78. The molecule has 0 fully saturated rings. The Labute approximate surface area is 129 Å². The fourth-order valence-electron chi connectivity index (χ4n) is 1.67. The SMILES string of the molecule is CSCC[C@@H](N)C(=O)Nc1ccc(NS(C)(=O)=O)c(C)c1. The molecule has 1 aromatic rings. The molecule has 0 aliphatic rings. The number of rotatable bonds is 7. The third-order valence-electron chi connectivity index (χ3n) is 2.76. The largest absolute Gasteiger partial charge is 0.325 e. The summed E-state index contributed by atoms with van der Waals surface area (Å²) in [5, 5.41) is 2.73. The van der Waals surface area contributed by atoms with Crippen molar-refractivity contribution >= 4 is 39.1 Å². The van der Waals surface area contributed by atoms with Crippen LogP contribution in [0, 0.1) is 6.92 Å². The Bertz CT molecular complexity index is 603. The van der Waals surface area contributed by atoms with Crippen molar-refractivity contribution in [1.29, 1.82) is 0 Å². The predicted molar refractivity (Wildman–Crippen MR) is 89.2 cm³/mol. The Morgan fingerprint density at radius 1 is 1.43 bits per heavy atom. The molecule has 1 rings (SSSR count). The van der Waals surface area contributed by atoms with Gasteiger partial charge in [0, 0.05) is 5.69 Å². The zero-order chi connectivity index (χ0) is 16.0. The van der Waals surface area contributed by atoms with Gasteiger partial charge in [0.2, 0.25) is 15.9 Å². The average molecular weight is 331 g/mol. The first-order valence-corrected chi connectivity index (χ1v) is 9.65. The number of nitrogens with two attached hydrogens (primary N) is 1. The molecule has 0 saturated heterocycles. The van der Waals surface area contributed by atoms with Crippen LogP contribution >= 0.6 is 11.8 Å². The van der Waals surface area contributed by atoms with Crippen molar-refractivity contribution in [2.75, 3.05) is 28.3 Å². The van der Waals surface area contributed by atoms with Gasteiger partial charge in [0.05, 0.1) is 18.0 Å². The van der Waals surface area contributed by atoms with E-state index in [9.17, 15) is 13.2 Å². The third-order valence-corrected chi connectivity index (χ3v) is 3.99. The smallest absolute Gasteiger partial charge is 0.241 e. The van der Waals surface area contributed by atoms with Gasteiger partial charge in [-0.15, -0.1) is 0 Å². The second-order valence-corrected chi connectivity index (χ2v) is 7.52. The van der Waals surface area contributed by atoms with Gasteiger partial charge in [-0.1, -0.05) is 0 Å². The number of sulfonamides is 1. The number of aryl methyl sites for hydroxylation is 1. The van der Waals surface area contributed by atoms with E-state index in [1.54, 1.807) is 36.9 Å². The number of thioether (sulfide) groups is 1. The number of carbonyl (C=O) groups is 1. The predicted octanol–water partition coefficient (Wildman–Crippen LogP) is 1.39. The van der Waals surface area contributed by atoms with E-state index in [0.717, 1.165) is 17.6 Å². The minimum absolute atomic E-state index is 0.243. The summed E-state index contributed by atoms with van der Waals surface area (Å²) in [5.74, 6) is 0.581. The summed E-state index contributed by atoms with van der Waals surface area (Å²) in [7, 11) is -3.32. The second-order valence-electron chi connectivity index (χ2n) is 4.78. The van der Waals surface area contributed by atoms with Crippen LogP contribution < -0.4 is 15.8 Å².